The Morgan fingerprint density at radius 3 is 2.61 bits per heavy atom. The molecule has 18 heavy (non-hydrogen) atoms. The van der Waals surface area contributed by atoms with Crippen molar-refractivity contribution in [3.63, 3.8) is 0 Å². The number of carbonyl (C=O) groups excluding carboxylic acids is 1. The summed E-state index contributed by atoms with van der Waals surface area (Å²) in [4.78, 5) is 13.9. The molecule has 0 atom stereocenters. The average molecular weight is 312 g/mol. The van der Waals surface area contributed by atoms with Crippen LogP contribution in [0.15, 0.2) is 28.7 Å². The molecule has 0 aliphatic heterocycles. The third-order valence-corrected chi connectivity index (χ3v) is 4.21. The lowest BCUT2D eigenvalue weighted by Crippen LogP contribution is -2.42. The van der Waals surface area contributed by atoms with Crippen LogP contribution in [0.25, 0.3) is 0 Å². The van der Waals surface area contributed by atoms with Gasteiger partial charge in [-0.15, -0.1) is 0 Å². The Labute approximate surface area is 116 Å². The lowest BCUT2D eigenvalue weighted by molar-refractivity contribution is 0.0156. The Kier molecular flexibility index (Phi) is 4.07. The Balaban J connectivity index is 2.07. The van der Waals surface area contributed by atoms with E-state index in [0.717, 1.165) is 30.2 Å². The average Bonchev–Trinajstić information content (AvgIpc) is 2.75. The zero-order chi connectivity index (χ0) is 13.2. The summed E-state index contributed by atoms with van der Waals surface area (Å²) in [5.41, 5.74) is -0.0485. The van der Waals surface area contributed by atoms with Gasteiger partial charge in [-0.1, -0.05) is 25.0 Å². The number of halogens is 1. The van der Waals surface area contributed by atoms with Crippen LogP contribution in [0.4, 0.5) is 0 Å². The molecule has 1 saturated carbocycles. The quantitative estimate of drug-likeness (QED) is 0.932. The summed E-state index contributed by atoms with van der Waals surface area (Å²) in [5, 5.41) is 10.3. The fraction of sp³-hybridized carbons (Fsp3) is 0.500. The van der Waals surface area contributed by atoms with E-state index in [0.29, 0.717) is 12.1 Å². The summed E-state index contributed by atoms with van der Waals surface area (Å²) in [5.74, 6) is -0.0530. The third-order valence-electron chi connectivity index (χ3n) is 3.52. The highest BCUT2D eigenvalue weighted by Crippen LogP contribution is 2.30. The van der Waals surface area contributed by atoms with Crippen molar-refractivity contribution in [2.75, 3.05) is 13.6 Å². The van der Waals surface area contributed by atoms with Crippen LogP contribution in [0.2, 0.25) is 0 Å². The summed E-state index contributed by atoms with van der Waals surface area (Å²) < 4.78 is 0.792. The molecule has 0 bridgehead atoms. The van der Waals surface area contributed by atoms with E-state index < -0.39 is 5.60 Å². The summed E-state index contributed by atoms with van der Waals surface area (Å²) >= 11 is 3.38. The van der Waals surface area contributed by atoms with E-state index in [1.165, 1.54) is 0 Å². The number of hydrogen-bond acceptors (Lipinski definition) is 2. The van der Waals surface area contributed by atoms with Crippen LogP contribution in [-0.2, 0) is 0 Å². The van der Waals surface area contributed by atoms with Crippen LogP contribution in [0.5, 0.6) is 0 Å². The molecule has 0 radical (unpaired) electrons. The van der Waals surface area contributed by atoms with Gasteiger partial charge in [0.05, 0.1) is 11.2 Å². The van der Waals surface area contributed by atoms with E-state index in [2.05, 4.69) is 15.9 Å². The van der Waals surface area contributed by atoms with Gasteiger partial charge in [-0.05, 0) is 40.9 Å². The van der Waals surface area contributed by atoms with Crippen molar-refractivity contribution in [2.24, 2.45) is 0 Å². The summed E-state index contributed by atoms with van der Waals surface area (Å²) in [6, 6.07) is 7.37. The van der Waals surface area contributed by atoms with Gasteiger partial charge in [0.15, 0.2) is 0 Å². The smallest absolute Gasteiger partial charge is 0.254 e. The van der Waals surface area contributed by atoms with Gasteiger partial charge in [-0.25, -0.2) is 0 Å². The molecule has 1 aromatic carbocycles. The van der Waals surface area contributed by atoms with Gasteiger partial charge >= 0.3 is 0 Å². The van der Waals surface area contributed by atoms with Crippen LogP contribution >= 0.6 is 15.9 Å². The highest BCUT2D eigenvalue weighted by atomic mass is 79.9. The number of hydrogen-bond donors (Lipinski definition) is 1. The molecule has 98 valence electrons. The molecule has 1 fully saturated rings. The van der Waals surface area contributed by atoms with Crippen LogP contribution in [0.1, 0.15) is 36.0 Å². The minimum Gasteiger partial charge on any atom is -0.388 e. The van der Waals surface area contributed by atoms with Crippen molar-refractivity contribution in [3.05, 3.63) is 34.3 Å². The minimum atomic E-state index is -0.689. The van der Waals surface area contributed by atoms with E-state index in [1.807, 2.05) is 18.2 Å². The monoisotopic (exact) mass is 311 g/mol. The van der Waals surface area contributed by atoms with Gasteiger partial charge in [-0.2, -0.15) is 0 Å². The van der Waals surface area contributed by atoms with Gasteiger partial charge < -0.3 is 10.0 Å². The molecular weight excluding hydrogens is 294 g/mol. The van der Waals surface area contributed by atoms with E-state index in [9.17, 15) is 9.90 Å². The van der Waals surface area contributed by atoms with Crippen molar-refractivity contribution >= 4 is 21.8 Å². The zero-order valence-corrected chi connectivity index (χ0v) is 12.1. The lowest BCUT2D eigenvalue weighted by Gasteiger charge is -2.28. The summed E-state index contributed by atoms with van der Waals surface area (Å²) in [6.07, 6.45) is 3.68. The maximum Gasteiger partial charge on any atom is 0.254 e. The van der Waals surface area contributed by atoms with Crippen LogP contribution < -0.4 is 0 Å². The van der Waals surface area contributed by atoms with Gasteiger partial charge in [0.1, 0.15) is 0 Å². The Morgan fingerprint density at radius 1 is 1.39 bits per heavy atom. The largest absolute Gasteiger partial charge is 0.388 e. The third kappa shape index (κ3) is 2.93. The van der Waals surface area contributed by atoms with Crippen LogP contribution in [-0.4, -0.2) is 35.1 Å². The SMILES string of the molecule is CN(CC1(O)CCCC1)C(=O)c1ccccc1Br. The van der Waals surface area contributed by atoms with Gasteiger partial charge in [-0.3, -0.25) is 4.79 Å². The number of amides is 1. The molecular formula is C14H18BrNO2. The first-order valence-electron chi connectivity index (χ1n) is 6.24. The molecule has 0 saturated heterocycles. The van der Waals surface area contributed by atoms with E-state index >= 15 is 0 Å². The highest BCUT2D eigenvalue weighted by molar-refractivity contribution is 9.10. The van der Waals surface area contributed by atoms with Crippen molar-refractivity contribution < 1.29 is 9.90 Å². The Morgan fingerprint density at radius 2 is 2.00 bits per heavy atom. The first-order chi connectivity index (χ1) is 8.52. The topological polar surface area (TPSA) is 40.5 Å². The number of nitrogens with zero attached hydrogens (tertiary/aromatic N) is 1. The molecule has 1 aliphatic carbocycles. The standard InChI is InChI=1S/C14H18BrNO2/c1-16(10-14(18)8-4-5-9-14)13(17)11-6-2-3-7-12(11)15/h2-3,6-7,18H,4-5,8-10H2,1H3. The van der Waals surface area contributed by atoms with Crippen LogP contribution in [0, 0.1) is 0 Å². The van der Waals surface area contributed by atoms with Crippen molar-refractivity contribution in [3.8, 4) is 0 Å². The van der Waals surface area contributed by atoms with Gasteiger partial charge in [0.25, 0.3) is 5.91 Å². The first kappa shape index (κ1) is 13.6. The molecule has 4 heteroatoms. The number of rotatable bonds is 3. The van der Waals surface area contributed by atoms with Crippen molar-refractivity contribution in [1.82, 2.24) is 4.90 Å². The van der Waals surface area contributed by atoms with E-state index in [1.54, 1.807) is 18.0 Å². The predicted octanol–water partition coefficient (Wildman–Crippen LogP) is 2.83. The first-order valence-corrected chi connectivity index (χ1v) is 7.03. The van der Waals surface area contributed by atoms with Gasteiger partial charge in [0, 0.05) is 18.1 Å². The molecule has 1 aliphatic rings. The molecule has 0 spiro atoms. The van der Waals surface area contributed by atoms with E-state index in [-0.39, 0.29) is 5.91 Å². The molecule has 1 amide bonds. The fourth-order valence-electron chi connectivity index (χ4n) is 2.54. The Bertz CT molecular complexity index is 441. The van der Waals surface area contributed by atoms with Crippen molar-refractivity contribution in [1.29, 1.82) is 0 Å². The molecule has 0 heterocycles. The molecule has 0 aromatic heterocycles. The molecule has 2 rings (SSSR count). The summed E-state index contributed by atoms with van der Waals surface area (Å²) in [6.45, 7) is 0.410. The fourth-order valence-corrected chi connectivity index (χ4v) is 3.00. The molecule has 3 nitrogen and oxygen atoms in total. The minimum absolute atomic E-state index is 0.0530. The maximum atomic E-state index is 12.3. The molecule has 0 unspecified atom stereocenters. The highest BCUT2D eigenvalue weighted by Gasteiger charge is 2.33. The zero-order valence-electron chi connectivity index (χ0n) is 10.5. The number of likely N-dealkylation sites (N-methyl/N-ethyl adjacent to an activating group) is 1. The lowest BCUT2D eigenvalue weighted by atomic mass is 10.0. The van der Waals surface area contributed by atoms with E-state index in [4.69, 9.17) is 0 Å². The maximum absolute atomic E-state index is 12.3. The number of benzene rings is 1. The molecule has 1 aromatic rings. The normalized spacial score (nSPS) is 17.7. The second kappa shape index (κ2) is 5.41. The number of carbonyl (C=O) groups is 1. The summed E-state index contributed by atoms with van der Waals surface area (Å²) in [7, 11) is 1.75. The van der Waals surface area contributed by atoms with Crippen LogP contribution in [0.3, 0.4) is 0 Å². The number of aliphatic hydroxyl groups is 1. The second-order valence-electron chi connectivity index (χ2n) is 5.07. The van der Waals surface area contributed by atoms with Gasteiger partial charge in [0.2, 0.25) is 0 Å². The van der Waals surface area contributed by atoms with Crippen molar-refractivity contribution in [2.45, 2.75) is 31.3 Å². The predicted molar refractivity (Wildman–Crippen MR) is 74.5 cm³/mol. The second-order valence-corrected chi connectivity index (χ2v) is 5.93. The Hall–Kier alpha value is -0.870. The molecule has 1 N–H and O–H groups in total.